The first-order valence-corrected chi connectivity index (χ1v) is 8.38. The van der Waals surface area contributed by atoms with Gasteiger partial charge in [0.05, 0.1) is 6.54 Å². The molecule has 26 heavy (non-hydrogen) atoms. The predicted octanol–water partition coefficient (Wildman–Crippen LogP) is 1.60. The molecule has 0 aromatic heterocycles. The molecule has 0 aliphatic carbocycles. The van der Waals surface area contributed by atoms with Gasteiger partial charge >= 0.3 is 5.97 Å². The van der Waals surface area contributed by atoms with Crippen LogP contribution in [0.3, 0.4) is 0 Å². The van der Waals surface area contributed by atoms with Crippen LogP contribution in [0.5, 0.6) is 5.75 Å². The van der Waals surface area contributed by atoms with E-state index in [2.05, 4.69) is 5.32 Å². The van der Waals surface area contributed by atoms with Crippen molar-refractivity contribution in [3.05, 3.63) is 29.3 Å². The maximum absolute atomic E-state index is 11.9. The van der Waals surface area contributed by atoms with Crippen LogP contribution in [0, 0.1) is 13.8 Å². The number of hydrogen-bond acceptors (Lipinski definition) is 5. The first kappa shape index (κ1) is 21.5. The van der Waals surface area contributed by atoms with Crippen LogP contribution in [0.2, 0.25) is 0 Å². The molecule has 0 aliphatic heterocycles. The molecular weight excluding hydrogens is 336 g/mol. The van der Waals surface area contributed by atoms with Crippen molar-refractivity contribution in [3.8, 4) is 5.75 Å². The number of nitrogens with zero attached hydrogens (tertiary/aromatic N) is 1. The quantitative estimate of drug-likeness (QED) is 0.743. The second-order valence-corrected chi connectivity index (χ2v) is 7.24. The zero-order valence-corrected chi connectivity index (χ0v) is 16.3. The van der Waals surface area contributed by atoms with Gasteiger partial charge in [0, 0.05) is 12.6 Å². The molecule has 144 valence electrons. The molecule has 0 spiro atoms. The summed E-state index contributed by atoms with van der Waals surface area (Å²) < 4.78 is 10.2. The molecule has 0 bridgehead atoms. The van der Waals surface area contributed by atoms with Crippen LogP contribution < -0.4 is 10.1 Å². The van der Waals surface area contributed by atoms with Crippen molar-refractivity contribution < 1.29 is 23.9 Å². The van der Waals surface area contributed by atoms with E-state index >= 15 is 0 Å². The van der Waals surface area contributed by atoms with Gasteiger partial charge in [0.2, 0.25) is 5.91 Å². The highest BCUT2D eigenvalue weighted by Crippen LogP contribution is 2.16. The molecule has 0 aliphatic rings. The molecule has 0 radical (unpaired) electrons. The lowest BCUT2D eigenvalue weighted by Crippen LogP contribution is -2.47. The van der Waals surface area contributed by atoms with Gasteiger partial charge in [-0.1, -0.05) is 6.07 Å². The van der Waals surface area contributed by atoms with Crippen molar-refractivity contribution in [2.75, 3.05) is 26.8 Å². The average Bonchev–Trinajstić information content (AvgIpc) is 2.51. The van der Waals surface area contributed by atoms with Gasteiger partial charge in [-0.3, -0.25) is 9.59 Å². The van der Waals surface area contributed by atoms with Crippen LogP contribution in [-0.2, 0) is 19.1 Å². The third-order valence-corrected chi connectivity index (χ3v) is 3.51. The van der Waals surface area contributed by atoms with Crippen molar-refractivity contribution >= 4 is 17.8 Å². The van der Waals surface area contributed by atoms with E-state index in [-0.39, 0.29) is 24.6 Å². The number of benzene rings is 1. The van der Waals surface area contributed by atoms with E-state index in [1.165, 1.54) is 11.9 Å². The van der Waals surface area contributed by atoms with Crippen LogP contribution in [0.25, 0.3) is 0 Å². The summed E-state index contributed by atoms with van der Waals surface area (Å²) in [6.07, 6.45) is 0. The minimum Gasteiger partial charge on any atom is -0.482 e. The summed E-state index contributed by atoms with van der Waals surface area (Å²) >= 11 is 0. The Morgan fingerprint density at radius 2 is 1.73 bits per heavy atom. The molecule has 1 rings (SSSR count). The standard InChI is InChI=1S/C19H28N2O5/c1-13-7-8-15(9-14(13)2)25-12-18(24)26-11-17(23)21(6)10-16(22)20-19(3,4)5/h7-9H,10-12H2,1-6H3,(H,20,22). The number of carbonyl (C=O) groups is 3. The van der Waals surface area contributed by atoms with Gasteiger partial charge in [-0.25, -0.2) is 4.79 Å². The zero-order valence-electron chi connectivity index (χ0n) is 16.3. The molecule has 0 saturated carbocycles. The Balaban J connectivity index is 2.35. The number of amides is 2. The summed E-state index contributed by atoms with van der Waals surface area (Å²) in [5.74, 6) is -0.831. The Hall–Kier alpha value is -2.57. The lowest BCUT2D eigenvalue weighted by Gasteiger charge is -2.23. The Morgan fingerprint density at radius 3 is 2.31 bits per heavy atom. The van der Waals surface area contributed by atoms with Gasteiger partial charge in [0.1, 0.15) is 5.75 Å². The van der Waals surface area contributed by atoms with E-state index in [0.29, 0.717) is 5.75 Å². The Morgan fingerprint density at radius 1 is 1.08 bits per heavy atom. The zero-order chi connectivity index (χ0) is 19.9. The molecule has 2 amide bonds. The van der Waals surface area contributed by atoms with E-state index in [1.807, 2.05) is 46.8 Å². The third-order valence-electron chi connectivity index (χ3n) is 3.51. The molecule has 1 aromatic carbocycles. The molecular formula is C19H28N2O5. The molecule has 0 saturated heterocycles. The maximum Gasteiger partial charge on any atom is 0.344 e. The molecule has 0 unspecified atom stereocenters. The summed E-state index contributed by atoms with van der Waals surface area (Å²) in [5, 5.41) is 2.76. The number of esters is 1. The summed E-state index contributed by atoms with van der Waals surface area (Å²) in [4.78, 5) is 36.6. The van der Waals surface area contributed by atoms with Crippen LogP contribution >= 0.6 is 0 Å². The first-order valence-electron chi connectivity index (χ1n) is 8.38. The van der Waals surface area contributed by atoms with E-state index < -0.39 is 18.5 Å². The Kier molecular flexibility index (Phi) is 7.61. The molecule has 7 nitrogen and oxygen atoms in total. The fourth-order valence-electron chi connectivity index (χ4n) is 2.00. The predicted molar refractivity (Wildman–Crippen MR) is 97.9 cm³/mol. The van der Waals surface area contributed by atoms with Gasteiger partial charge in [-0.05, 0) is 57.9 Å². The van der Waals surface area contributed by atoms with E-state index in [0.717, 1.165) is 11.1 Å². The van der Waals surface area contributed by atoms with Crippen molar-refractivity contribution in [1.82, 2.24) is 10.2 Å². The fraction of sp³-hybridized carbons (Fsp3) is 0.526. The fourth-order valence-corrected chi connectivity index (χ4v) is 2.00. The molecule has 0 atom stereocenters. The van der Waals surface area contributed by atoms with Crippen molar-refractivity contribution in [1.29, 1.82) is 0 Å². The maximum atomic E-state index is 11.9. The van der Waals surface area contributed by atoms with Gasteiger partial charge in [-0.15, -0.1) is 0 Å². The average molecular weight is 364 g/mol. The minimum atomic E-state index is -0.649. The number of rotatable bonds is 7. The molecule has 0 heterocycles. The second kappa shape index (κ2) is 9.22. The first-order chi connectivity index (χ1) is 12.0. The van der Waals surface area contributed by atoms with Gasteiger partial charge in [0.15, 0.2) is 13.2 Å². The van der Waals surface area contributed by atoms with E-state index in [9.17, 15) is 14.4 Å². The summed E-state index contributed by atoms with van der Waals surface area (Å²) in [6, 6.07) is 5.49. The number of nitrogens with one attached hydrogen (secondary N) is 1. The smallest absolute Gasteiger partial charge is 0.344 e. The number of likely N-dealkylation sites (N-methyl/N-ethyl adjacent to an activating group) is 1. The largest absolute Gasteiger partial charge is 0.482 e. The van der Waals surface area contributed by atoms with E-state index in [4.69, 9.17) is 9.47 Å². The van der Waals surface area contributed by atoms with Gasteiger partial charge < -0.3 is 19.7 Å². The number of carbonyl (C=O) groups excluding carboxylic acids is 3. The normalized spacial score (nSPS) is 10.8. The van der Waals surface area contributed by atoms with Crippen molar-refractivity contribution in [3.63, 3.8) is 0 Å². The molecule has 1 N–H and O–H groups in total. The van der Waals surface area contributed by atoms with Gasteiger partial charge in [-0.2, -0.15) is 0 Å². The second-order valence-electron chi connectivity index (χ2n) is 7.24. The van der Waals surface area contributed by atoms with Gasteiger partial charge in [0.25, 0.3) is 5.91 Å². The Labute approximate surface area is 154 Å². The third kappa shape index (κ3) is 8.00. The van der Waals surface area contributed by atoms with E-state index in [1.54, 1.807) is 6.07 Å². The topological polar surface area (TPSA) is 84.9 Å². The van der Waals surface area contributed by atoms with Crippen LogP contribution in [0.15, 0.2) is 18.2 Å². The summed E-state index contributed by atoms with van der Waals surface area (Å²) in [7, 11) is 1.48. The highest BCUT2D eigenvalue weighted by Gasteiger charge is 2.18. The van der Waals surface area contributed by atoms with Crippen LogP contribution in [-0.4, -0.2) is 55.0 Å². The highest BCUT2D eigenvalue weighted by atomic mass is 16.6. The lowest BCUT2D eigenvalue weighted by atomic mass is 10.1. The summed E-state index contributed by atoms with van der Waals surface area (Å²) in [5.41, 5.74) is 1.81. The Bertz CT molecular complexity index is 664. The molecule has 0 fully saturated rings. The number of aryl methyl sites for hydroxylation is 2. The van der Waals surface area contributed by atoms with Crippen molar-refractivity contribution in [2.45, 2.75) is 40.2 Å². The van der Waals surface area contributed by atoms with Crippen molar-refractivity contribution in [2.24, 2.45) is 0 Å². The monoisotopic (exact) mass is 364 g/mol. The SMILES string of the molecule is Cc1ccc(OCC(=O)OCC(=O)N(C)CC(=O)NC(C)(C)C)cc1C. The number of hydrogen-bond donors (Lipinski definition) is 1. The molecule has 7 heteroatoms. The highest BCUT2D eigenvalue weighted by molar-refractivity contribution is 5.86. The molecule has 1 aromatic rings. The summed E-state index contributed by atoms with van der Waals surface area (Å²) in [6.45, 7) is 8.66. The number of ether oxygens (including phenoxy) is 2. The van der Waals surface area contributed by atoms with Crippen LogP contribution in [0.4, 0.5) is 0 Å². The lowest BCUT2D eigenvalue weighted by molar-refractivity contribution is -0.153. The minimum absolute atomic E-state index is 0.104. The van der Waals surface area contributed by atoms with Crippen LogP contribution in [0.1, 0.15) is 31.9 Å².